The van der Waals surface area contributed by atoms with Gasteiger partial charge in [-0.25, -0.2) is 8.42 Å². The van der Waals surface area contributed by atoms with E-state index in [1.807, 2.05) is 30.3 Å². The summed E-state index contributed by atoms with van der Waals surface area (Å²) in [5.41, 5.74) is 7.10. The summed E-state index contributed by atoms with van der Waals surface area (Å²) >= 11 is 0. The van der Waals surface area contributed by atoms with Gasteiger partial charge in [0.05, 0.1) is 17.0 Å². The zero-order valence-corrected chi connectivity index (χ0v) is 11.0. The number of hydrogen-bond acceptors (Lipinski definition) is 4. The molecule has 0 saturated heterocycles. The zero-order valence-electron chi connectivity index (χ0n) is 10.2. The summed E-state index contributed by atoms with van der Waals surface area (Å²) in [6.45, 7) is 1.69. The van der Waals surface area contributed by atoms with E-state index in [1.165, 1.54) is 0 Å². The van der Waals surface area contributed by atoms with Crippen LogP contribution >= 0.6 is 0 Å². The van der Waals surface area contributed by atoms with Gasteiger partial charge in [0, 0.05) is 17.6 Å². The summed E-state index contributed by atoms with van der Waals surface area (Å²) < 4.78 is 23.7. The number of nitrogens with two attached hydrogens (primary N) is 1. The molecule has 0 radical (unpaired) electrons. The van der Waals surface area contributed by atoms with E-state index in [1.54, 1.807) is 13.1 Å². The van der Waals surface area contributed by atoms with Crippen LogP contribution in [0.5, 0.6) is 0 Å². The topological polar surface area (TPSA) is 73.1 Å². The molecule has 0 amide bonds. The molecule has 4 nitrogen and oxygen atoms in total. The Labute approximate surface area is 107 Å². The molecule has 1 heterocycles. The third-order valence-corrected chi connectivity index (χ3v) is 4.36. The molecule has 2 N–H and O–H groups in total. The van der Waals surface area contributed by atoms with Crippen LogP contribution in [0.4, 0.5) is 0 Å². The predicted octanol–water partition coefficient (Wildman–Crippen LogP) is 1.50. The lowest BCUT2D eigenvalue weighted by Crippen LogP contribution is -2.27. The Morgan fingerprint density at radius 3 is 2.78 bits per heavy atom. The number of benzene rings is 1. The van der Waals surface area contributed by atoms with Gasteiger partial charge in [-0.05, 0) is 24.6 Å². The smallest absolute Gasteiger partial charge is 0.156 e. The Kier molecular flexibility index (Phi) is 3.63. The maximum absolute atomic E-state index is 11.8. The Bertz CT molecular complexity index is 651. The lowest BCUT2D eigenvalue weighted by molar-refractivity contribution is 0.589. The highest BCUT2D eigenvalue weighted by Crippen LogP contribution is 2.15. The molecule has 5 heteroatoms. The molecule has 0 spiro atoms. The van der Waals surface area contributed by atoms with Gasteiger partial charge < -0.3 is 5.73 Å². The molecule has 0 aliphatic rings. The summed E-state index contributed by atoms with van der Waals surface area (Å²) in [5.74, 6) is -0.00774. The van der Waals surface area contributed by atoms with Crippen LogP contribution in [0.3, 0.4) is 0 Å². The van der Waals surface area contributed by atoms with Gasteiger partial charge in [-0.2, -0.15) is 0 Å². The molecule has 1 aromatic carbocycles. The van der Waals surface area contributed by atoms with Gasteiger partial charge in [0.15, 0.2) is 9.84 Å². The van der Waals surface area contributed by atoms with E-state index in [2.05, 4.69) is 4.98 Å². The normalized spacial score (nSPS) is 13.7. The highest BCUT2D eigenvalue weighted by atomic mass is 32.2. The molecule has 18 heavy (non-hydrogen) atoms. The quantitative estimate of drug-likeness (QED) is 0.908. The summed E-state index contributed by atoms with van der Waals surface area (Å²) in [6.07, 6.45) is 1.61. The molecule has 96 valence electrons. The highest BCUT2D eigenvalue weighted by Gasteiger charge is 2.14. The van der Waals surface area contributed by atoms with E-state index in [0.717, 1.165) is 10.9 Å². The fourth-order valence-electron chi connectivity index (χ4n) is 1.91. The first-order valence-electron chi connectivity index (χ1n) is 5.76. The fraction of sp³-hybridized carbons (Fsp3) is 0.308. The van der Waals surface area contributed by atoms with Crippen LogP contribution in [0, 0.1) is 0 Å². The van der Waals surface area contributed by atoms with Crippen molar-refractivity contribution >= 4 is 20.7 Å². The number of hydrogen-bond donors (Lipinski definition) is 1. The van der Waals surface area contributed by atoms with Crippen molar-refractivity contribution in [3.63, 3.8) is 0 Å². The minimum Gasteiger partial charge on any atom is -0.327 e. The Morgan fingerprint density at radius 2 is 2.06 bits per heavy atom. The lowest BCUT2D eigenvalue weighted by Gasteiger charge is -2.07. The zero-order chi connectivity index (χ0) is 13.2. The van der Waals surface area contributed by atoms with Crippen LogP contribution in [0.15, 0.2) is 36.5 Å². The first-order chi connectivity index (χ1) is 8.46. The first kappa shape index (κ1) is 13.0. The number of nitrogens with zero attached hydrogens (tertiary/aromatic N) is 1. The number of para-hydroxylation sites is 1. The Hall–Kier alpha value is -1.46. The molecule has 1 atom stereocenters. The van der Waals surface area contributed by atoms with Crippen LogP contribution in [0.2, 0.25) is 0 Å². The standard InChI is InChI=1S/C13H16N2O2S/c1-10(14)8-18(16,17)9-11-6-12-4-2-3-5-13(12)15-7-11/h2-7,10H,8-9,14H2,1H3. The molecule has 0 bridgehead atoms. The summed E-state index contributed by atoms with van der Waals surface area (Å²) in [7, 11) is -3.17. The summed E-state index contributed by atoms with van der Waals surface area (Å²) in [6, 6.07) is 9.15. The molecule has 1 aromatic heterocycles. The molecular formula is C13H16N2O2S. The van der Waals surface area contributed by atoms with E-state index in [0.29, 0.717) is 5.56 Å². The maximum Gasteiger partial charge on any atom is 0.156 e. The third kappa shape index (κ3) is 3.27. The molecule has 0 fully saturated rings. The SMILES string of the molecule is CC(N)CS(=O)(=O)Cc1cnc2ccccc2c1. The Morgan fingerprint density at radius 1 is 1.33 bits per heavy atom. The van der Waals surface area contributed by atoms with Crippen molar-refractivity contribution in [2.24, 2.45) is 5.73 Å². The molecule has 0 aliphatic heterocycles. The number of rotatable bonds is 4. The molecule has 1 unspecified atom stereocenters. The average molecular weight is 264 g/mol. The van der Waals surface area contributed by atoms with Crippen LogP contribution in [-0.4, -0.2) is 25.2 Å². The first-order valence-corrected chi connectivity index (χ1v) is 7.58. The van der Waals surface area contributed by atoms with Gasteiger partial charge in [0.1, 0.15) is 0 Å². The minimum atomic E-state index is -3.17. The molecule has 2 aromatic rings. The van der Waals surface area contributed by atoms with E-state index in [9.17, 15) is 8.42 Å². The second-order valence-corrected chi connectivity index (χ2v) is 6.68. The van der Waals surface area contributed by atoms with Crippen LogP contribution in [-0.2, 0) is 15.6 Å². The van der Waals surface area contributed by atoms with Crippen LogP contribution in [0.25, 0.3) is 10.9 Å². The van der Waals surface area contributed by atoms with E-state index in [4.69, 9.17) is 5.73 Å². The van der Waals surface area contributed by atoms with E-state index < -0.39 is 9.84 Å². The monoisotopic (exact) mass is 264 g/mol. The van der Waals surface area contributed by atoms with Crippen LogP contribution in [0.1, 0.15) is 12.5 Å². The minimum absolute atomic E-state index is 0.000172. The van der Waals surface area contributed by atoms with Crippen LogP contribution < -0.4 is 5.73 Å². The van der Waals surface area contributed by atoms with E-state index >= 15 is 0 Å². The van der Waals surface area contributed by atoms with Gasteiger partial charge in [-0.3, -0.25) is 4.98 Å². The van der Waals surface area contributed by atoms with Gasteiger partial charge >= 0.3 is 0 Å². The van der Waals surface area contributed by atoms with Gasteiger partial charge in [0.2, 0.25) is 0 Å². The van der Waals surface area contributed by atoms with Gasteiger partial charge in [-0.1, -0.05) is 18.2 Å². The second-order valence-electron chi connectivity index (χ2n) is 4.57. The third-order valence-electron chi connectivity index (χ3n) is 2.55. The maximum atomic E-state index is 11.8. The van der Waals surface area contributed by atoms with Crippen molar-refractivity contribution in [3.8, 4) is 0 Å². The largest absolute Gasteiger partial charge is 0.327 e. The van der Waals surface area contributed by atoms with Crippen molar-refractivity contribution in [3.05, 3.63) is 42.1 Å². The van der Waals surface area contributed by atoms with Crippen molar-refractivity contribution in [1.82, 2.24) is 4.98 Å². The highest BCUT2D eigenvalue weighted by molar-refractivity contribution is 7.90. The van der Waals surface area contributed by atoms with Gasteiger partial charge in [0.25, 0.3) is 0 Å². The molecular weight excluding hydrogens is 248 g/mol. The van der Waals surface area contributed by atoms with Crippen molar-refractivity contribution in [2.45, 2.75) is 18.7 Å². The Balaban J connectivity index is 2.27. The average Bonchev–Trinajstić information content (AvgIpc) is 2.26. The number of fused-ring (bicyclic) bond motifs is 1. The van der Waals surface area contributed by atoms with E-state index in [-0.39, 0.29) is 17.5 Å². The van der Waals surface area contributed by atoms with Gasteiger partial charge in [-0.15, -0.1) is 0 Å². The molecule has 2 rings (SSSR count). The van der Waals surface area contributed by atoms with Crippen molar-refractivity contribution < 1.29 is 8.42 Å². The predicted molar refractivity (Wildman–Crippen MR) is 72.9 cm³/mol. The summed E-state index contributed by atoms with van der Waals surface area (Å²) in [4.78, 5) is 4.25. The fourth-order valence-corrected chi connectivity index (χ4v) is 3.49. The van der Waals surface area contributed by atoms with Crippen molar-refractivity contribution in [1.29, 1.82) is 0 Å². The molecule has 0 aliphatic carbocycles. The summed E-state index contributed by atoms with van der Waals surface area (Å²) in [5, 5.41) is 0.950. The van der Waals surface area contributed by atoms with Crippen molar-refractivity contribution in [2.75, 3.05) is 5.75 Å². The second kappa shape index (κ2) is 5.04. The number of sulfone groups is 1. The number of pyridine rings is 1. The lowest BCUT2D eigenvalue weighted by atomic mass is 10.2. The number of aromatic nitrogens is 1. The molecule has 0 saturated carbocycles.